The smallest absolute Gasteiger partial charge is 0.261 e. The van der Waals surface area contributed by atoms with Crippen LogP contribution >= 0.6 is 11.8 Å². The Morgan fingerprint density at radius 1 is 1.20 bits per heavy atom. The number of aromatic nitrogens is 2. The maximum absolute atomic E-state index is 12.5. The van der Waals surface area contributed by atoms with Crippen LogP contribution in [-0.4, -0.2) is 21.2 Å². The van der Waals surface area contributed by atoms with E-state index in [-0.39, 0.29) is 24.1 Å². The second-order valence-electron chi connectivity index (χ2n) is 5.99. The molecule has 3 aromatic rings. The van der Waals surface area contributed by atoms with E-state index in [2.05, 4.69) is 22.4 Å². The molecule has 0 fully saturated rings. The van der Waals surface area contributed by atoms with Crippen LogP contribution in [0.4, 0.5) is 0 Å². The van der Waals surface area contributed by atoms with Crippen molar-refractivity contribution in [2.24, 2.45) is 0 Å². The maximum atomic E-state index is 12.5. The predicted molar refractivity (Wildman–Crippen MR) is 98.7 cm³/mol. The first-order valence-electron chi connectivity index (χ1n) is 8.17. The summed E-state index contributed by atoms with van der Waals surface area (Å²) in [4.78, 5) is 30.4. The van der Waals surface area contributed by atoms with Gasteiger partial charge in [-0.15, -0.1) is 11.8 Å². The Bertz CT molecular complexity index is 999. The molecule has 0 bridgehead atoms. The second kappa shape index (κ2) is 6.72. The number of hydrogen-bond acceptors (Lipinski definition) is 4. The number of benzene rings is 2. The van der Waals surface area contributed by atoms with E-state index in [0.717, 1.165) is 17.7 Å². The van der Waals surface area contributed by atoms with Crippen LogP contribution in [0.1, 0.15) is 18.0 Å². The third-order valence-electron chi connectivity index (χ3n) is 4.34. The quantitative estimate of drug-likeness (QED) is 0.788. The highest BCUT2D eigenvalue weighted by Gasteiger charge is 2.22. The summed E-state index contributed by atoms with van der Waals surface area (Å²) in [6.45, 7) is -0.0253. The van der Waals surface area contributed by atoms with Gasteiger partial charge in [0.2, 0.25) is 5.91 Å². The molecule has 2 aromatic carbocycles. The van der Waals surface area contributed by atoms with Gasteiger partial charge < -0.3 is 5.32 Å². The summed E-state index contributed by atoms with van der Waals surface area (Å²) < 4.78 is 1.36. The van der Waals surface area contributed by atoms with Gasteiger partial charge >= 0.3 is 0 Å². The lowest BCUT2D eigenvalue weighted by molar-refractivity contribution is -0.122. The molecule has 5 nitrogen and oxygen atoms in total. The van der Waals surface area contributed by atoms with Crippen LogP contribution < -0.4 is 10.9 Å². The zero-order valence-corrected chi connectivity index (χ0v) is 14.3. The fourth-order valence-corrected chi connectivity index (χ4v) is 4.23. The predicted octanol–water partition coefficient (Wildman–Crippen LogP) is 2.75. The van der Waals surface area contributed by atoms with Gasteiger partial charge in [0.15, 0.2) is 0 Å². The molecule has 2 heterocycles. The van der Waals surface area contributed by atoms with Gasteiger partial charge in [-0.05, 0) is 30.2 Å². The maximum Gasteiger partial charge on any atom is 0.261 e. The zero-order valence-electron chi connectivity index (χ0n) is 13.5. The van der Waals surface area contributed by atoms with Crippen molar-refractivity contribution >= 4 is 28.6 Å². The van der Waals surface area contributed by atoms with E-state index < -0.39 is 0 Å². The van der Waals surface area contributed by atoms with Crippen LogP contribution in [0.25, 0.3) is 10.9 Å². The standard InChI is InChI=1S/C19H17N3O2S/c23-18(21-16-9-10-25-17-8-4-2-5-13(16)17)11-22-12-20-15-7-3-1-6-14(15)19(22)24/h1-8,12,16H,9-11H2,(H,21,23). The van der Waals surface area contributed by atoms with Gasteiger partial charge in [-0.1, -0.05) is 30.3 Å². The number of carbonyl (C=O) groups is 1. The molecule has 6 heteroatoms. The molecule has 1 N–H and O–H groups in total. The van der Waals surface area contributed by atoms with Crippen LogP contribution in [0.15, 0.2) is 64.5 Å². The zero-order chi connectivity index (χ0) is 17.2. The average Bonchev–Trinajstić information content (AvgIpc) is 2.65. The van der Waals surface area contributed by atoms with Crippen LogP contribution in [0.5, 0.6) is 0 Å². The van der Waals surface area contributed by atoms with Crippen molar-refractivity contribution in [3.8, 4) is 0 Å². The lowest BCUT2D eigenvalue weighted by atomic mass is 10.0. The Morgan fingerprint density at radius 2 is 2.00 bits per heavy atom. The number of nitrogens with one attached hydrogen (secondary N) is 1. The molecule has 1 aromatic heterocycles. The molecular weight excluding hydrogens is 334 g/mol. The first-order chi connectivity index (χ1) is 12.2. The van der Waals surface area contributed by atoms with Gasteiger partial charge in [-0.3, -0.25) is 14.2 Å². The minimum Gasteiger partial charge on any atom is -0.348 e. The number of rotatable bonds is 3. The van der Waals surface area contributed by atoms with Crippen molar-refractivity contribution in [2.45, 2.75) is 23.9 Å². The highest BCUT2D eigenvalue weighted by molar-refractivity contribution is 7.99. The summed E-state index contributed by atoms with van der Waals surface area (Å²) >= 11 is 1.81. The lowest BCUT2D eigenvalue weighted by Gasteiger charge is -2.26. The Labute approximate surface area is 149 Å². The van der Waals surface area contributed by atoms with Crippen molar-refractivity contribution < 1.29 is 4.79 Å². The summed E-state index contributed by atoms with van der Waals surface area (Å²) in [5, 5.41) is 3.58. The number of nitrogens with zero attached hydrogens (tertiary/aromatic N) is 2. The molecule has 25 heavy (non-hydrogen) atoms. The summed E-state index contributed by atoms with van der Waals surface area (Å²) in [6.07, 6.45) is 2.33. The Hall–Kier alpha value is -2.60. The molecule has 4 rings (SSSR count). The number of carbonyl (C=O) groups excluding carboxylic acids is 1. The van der Waals surface area contributed by atoms with Gasteiger partial charge in [0.05, 0.1) is 23.3 Å². The molecule has 1 amide bonds. The van der Waals surface area contributed by atoms with E-state index in [1.54, 1.807) is 18.2 Å². The first kappa shape index (κ1) is 15.9. The highest BCUT2D eigenvalue weighted by atomic mass is 32.2. The van der Waals surface area contributed by atoms with Crippen molar-refractivity contribution in [1.29, 1.82) is 0 Å². The van der Waals surface area contributed by atoms with E-state index in [0.29, 0.717) is 10.9 Å². The van der Waals surface area contributed by atoms with E-state index in [1.807, 2.05) is 30.0 Å². The number of hydrogen-bond donors (Lipinski definition) is 1. The second-order valence-corrected chi connectivity index (χ2v) is 7.13. The molecule has 1 aliphatic heterocycles. The van der Waals surface area contributed by atoms with Gasteiger partial charge in [0, 0.05) is 10.6 Å². The molecule has 0 spiro atoms. The normalized spacial score (nSPS) is 16.4. The Balaban J connectivity index is 1.54. The molecule has 1 unspecified atom stereocenters. The third kappa shape index (κ3) is 3.17. The van der Waals surface area contributed by atoms with Crippen LogP contribution in [0, 0.1) is 0 Å². The largest absolute Gasteiger partial charge is 0.348 e. The van der Waals surface area contributed by atoms with E-state index in [4.69, 9.17) is 0 Å². The van der Waals surface area contributed by atoms with Crippen molar-refractivity contribution in [3.63, 3.8) is 0 Å². The van der Waals surface area contributed by atoms with Gasteiger partial charge in [0.1, 0.15) is 6.54 Å². The topological polar surface area (TPSA) is 64.0 Å². The molecule has 1 aliphatic rings. The lowest BCUT2D eigenvalue weighted by Crippen LogP contribution is -2.36. The van der Waals surface area contributed by atoms with Crippen LogP contribution in [0.2, 0.25) is 0 Å². The fraction of sp³-hybridized carbons (Fsp3) is 0.211. The summed E-state index contributed by atoms with van der Waals surface area (Å²) in [5.41, 5.74) is 1.60. The van der Waals surface area contributed by atoms with Crippen molar-refractivity contribution in [1.82, 2.24) is 14.9 Å². The number of thioether (sulfide) groups is 1. The van der Waals surface area contributed by atoms with Gasteiger partial charge in [0.25, 0.3) is 5.56 Å². The van der Waals surface area contributed by atoms with Gasteiger partial charge in [-0.25, -0.2) is 4.98 Å². The monoisotopic (exact) mass is 351 g/mol. The Kier molecular flexibility index (Phi) is 4.28. The van der Waals surface area contributed by atoms with E-state index >= 15 is 0 Å². The molecule has 0 saturated carbocycles. The molecule has 0 saturated heterocycles. The minimum atomic E-state index is -0.194. The van der Waals surface area contributed by atoms with Crippen LogP contribution in [-0.2, 0) is 11.3 Å². The van der Waals surface area contributed by atoms with Crippen LogP contribution in [0.3, 0.4) is 0 Å². The fourth-order valence-electron chi connectivity index (χ4n) is 3.11. The third-order valence-corrected chi connectivity index (χ3v) is 5.46. The molecule has 126 valence electrons. The average molecular weight is 351 g/mol. The summed E-state index contributed by atoms with van der Waals surface area (Å²) in [7, 11) is 0. The molecule has 1 atom stereocenters. The molecule has 0 aliphatic carbocycles. The SMILES string of the molecule is O=C(Cn1cnc2ccccc2c1=O)NC1CCSc2ccccc21. The van der Waals surface area contributed by atoms with E-state index in [1.165, 1.54) is 15.8 Å². The first-order valence-corrected chi connectivity index (χ1v) is 9.16. The number of fused-ring (bicyclic) bond motifs is 2. The minimum absolute atomic E-state index is 0.00549. The van der Waals surface area contributed by atoms with E-state index in [9.17, 15) is 9.59 Å². The van der Waals surface area contributed by atoms with Gasteiger partial charge in [-0.2, -0.15) is 0 Å². The Morgan fingerprint density at radius 3 is 2.92 bits per heavy atom. The number of para-hydroxylation sites is 1. The van der Waals surface area contributed by atoms with Crippen molar-refractivity contribution in [2.75, 3.05) is 5.75 Å². The number of amides is 1. The van der Waals surface area contributed by atoms with Crippen molar-refractivity contribution in [3.05, 3.63) is 70.8 Å². The summed E-state index contributed by atoms with van der Waals surface area (Å²) in [5.74, 6) is 0.797. The highest BCUT2D eigenvalue weighted by Crippen LogP contribution is 2.35. The summed E-state index contributed by atoms with van der Waals surface area (Å²) in [6, 6.07) is 15.3. The molecular formula is C19H17N3O2S. The molecule has 0 radical (unpaired) electrons.